The van der Waals surface area contributed by atoms with Crippen LogP contribution in [0.2, 0.25) is 0 Å². The van der Waals surface area contributed by atoms with E-state index < -0.39 is 5.92 Å². The fraction of sp³-hybridized carbons (Fsp3) is 0.529. The molecule has 2 rings (SSSR count). The molecule has 1 fully saturated rings. The number of nitrogens with two attached hydrogens (primary N) is 1. The van der Waals surface area contributed by atoms with E-state index in [4.69, 9.17) is 5.73 Å². The minimum Gasteiger partial charge on any atom is -0.341 e. The van der Waals surface area contributed by atoms with Gasteiger partial charge in [0.25, 0.3) is 0 Å². The van der Waals surface area contributed by atoms with Gasteiger partial charge < -0.3 is 15.5 Å². The van der Waals surface area contributed by atoms with Gasteiger partial charge in [-0.25, -0.2) is 0 Å². The third kappa shape index (κ3) is 3.14. The number of amides is 2. The quantitative estimate of drug-likeness (QED) is 0.856. The molecule has 2 unspecified atom stereocenters. The lowest BCUT2D eigenvalue weighted by Crippen LogP contribution is -2.44. The zero-order valence-corrected chi connectivity index (χ0v) is 13.8. The molecule has 2 amide bonds. The lowest BCUT2D eigenvalue weighted by Gasteiger charge is -2.26. The molecule has 22 heavy (non-hydrogen) atoms. The van der Waals surface area contributed by atoms with Crippen LogP contribution in [0.5, 0.6) is 0 Å². The summed E-state index contributed by atoms with van der Waals surface area (Å²) in [4.78, 5) is 28.4. The predicted molar refractivity (Wildman–Crippen MR) is 87.7 cm³/mol. The first-order chi connectivity index (χ1) is 10.3. The number of carbonyl (C=O) groups excluding carboxylic acids is 2. The van der Waals surface area contributed by atoms with Gasteiger partial charge in [-0.3, -0.25) is 9.59 Å². The van der Waals surface area contributed by atoms with Crippen LogP contribution in [-0.4, -0.2) is 42.9 Å². The first-order valence-electron chi connectivity index (χ1n) is 7.71. The molecule has 1 aliphatic rings. The van der Waals surface area contributed by atoms with Gasteiger partial charge in [0.15, 0.2) is 0 Å². The molecule has 0 aliphatic carbocycles. The van der Waals surface area contributed by atoms with E-state index in [1.165, 1.54) is 0 Å². The normalized spacial score (nSPS) is 19.4. The van der Waals surface area contributed by atoms with Crippen molar-refractivity contribution in [3.8, 4) is 0 Å². The molecule has 0 saturated carbocycles. The number of rotatable bonds is 4. The molecule has 5 nitrogen and oxygen atoms in total. The summed E-state index contributed by atoms with van der Waals surface area (Å²) in [5, 5.41) is 0. The van der Waals surface area contributed by atoms with Gasteiger partial charge in [0, 0.05) is 31.9 Å². The monoisotopic (exact) mass is 303 g/mol. The molecule has 0 bridgehead atoms. The van der Waals surface area contributed by atoms with Gasteiger partial charge in [-0.15, -0.1) is 0 Å². The van der Waals surface area contributed by atoms with E-state index in [9.17, 15) is 9.59 Å². The van der Waals surface area contributed by atoms with Gasteiger partial charge >= 0.3 is 0 Å². The summed E-state index contributed by atoms with van der Waals surface area (Å²) in [6, 6.07) is 5.99. The highest BCUT2D eigenvalue weighted by molar-refractivity contribution is 6.09. The van der Waals surface area contributed by atoms with E-state index in [1.54, 1.807) is 16.8 Å². The maximum atomic E-state index is 12.6. The Balaban J connectivity index is 2.17. The molecular formula is C17H25N3O2. The number of hydrogen-bond acceptors (Lipinski definition) is 3. The number of benzene rings is 1. The van der Waals surface area contributed by atoms with Crippen LogP contribution in [0.15, 0.2) is 18.2 Å². The van der Waals surface area contributed by atoms with Crippen LogP contribution in [-0.2, 0) is 9.59 Å². The summed E-state index contributed by atoms with van der Waals surface area (Å²) in [5.74, 6) is -0.819. The fourth-order valence-electron chi connectivity index (χ4n) is 2.89. The van der Waals surface area contributed by atoms with Gasteiger partial charge in [-0.1, -0.05) is 6.07 Å². The molecular weight excluding hydrogens is 278 g/mol. The van der Waals surface area contributed by atoms with Crippen molar-refractivity contribution in [3.63, 3.8) is 0 Å². The van der Waals surface area contributed by atoms with Crippen LogP contribution in [0, 0.1) is 19.8 Å². The summed E-state index contributed by atoms with van der Waals surface area (Å²) in [7, 11) is 1.71. The van der Waals surface area contributed by atoms with Gasteiger partial charge in [0.1, 0.15) is 5.92 Å². The van der Waals surface area contributed by atoms with Crippen molar-refractivity contribution < 1.29 is 9.59 Å². The predicted octanol–water partition coefficient (Wildman–Crippen LogP) is 1.46. The van der Waals surface area contributed by atoms with Crippen molar-refractivity contribution in [2.24, 2.45) is 11.7 Å². The Morgan fingerprint density at radius 1 is 1.36 bits per heavy atom. The first kappa shape index (κ1) is 16.5. The number of aryl methyl sites for hydroxylation is 2. The van der Waals surface area contributed by atoms with Crippen LogP contribution in [0.1, 0.15) is 24.5 Å². The van der Waals surface area contributed by atoms with Crippen molar-refractivity contribution in [2.45, 2.75) is 33.2 Å². The third-order valence-electron chi connectivity index (χ3n) is 4.37. The maximum Gasteiger partial charge on any atom is 0.239 e. The Hall–Kier alpha value is -1.88. The molecule has 1 aromatic carbocycles. The van der Waals surface area contributed by atoms with Gasteiger partial charge in [-0.2, -0.15) is 0 Å². The van der Waals surface area contributed by atoms with Crippen molar-refractivity contribution >= 4 is 17.5 Å². The molecule has 1 aromatic rings. The van der Waals surface area contributed by atoms with Crippen LogP contribution in [0.3, 0.4) is 0 Å². The Bertz CT molecular complexity index is 565. The lowest BCUT2D eigenvalue weighted by molar-refractivity contribution is -0.140. The topological polar surface area (TPSA) is 66.6 Å². The Kier molecular flexibility index (Phi) is 4.86. The molecule has 120 valence electrons. The van der Waals surface area contributed by atoms with Gasteiger partial charge in [-0.05, 0) is 50.5 Å². The lowest BCUT2D eigenvalue weighted by atomic mass is 10.1. The summed E-state index contributed by atoms with van der Waals surface area (Å²) < 4.78 is 0. The zero-order chi connectivity index (χ0) is 16.4. The number of carbonyl (C=O) groups is 2. The van der Waals surface area contributed by atoms with Crippen molar-refractivity contribution in [2.75, 3.05) is 25.0 Å². The van der Waals surface area contributed by atoms with E-state index in [0.29, 0.717) is 19.5 Å². The molecule has 2 N–H and O–H groups in total. The highest BCUT2D eigenvalue weighted by Gasteiger charge is 2.39. The smallest absolute Gasteiger partial charge is 0.239 e. The third-order valence-corrected chi connectivity index (χ3v) is 4.37. The van der Waals surface area contributed by atoms with Crippen LogP contribution in [0.25, 0.3) is 0 Å². The Morgan fingerprint density at radius 3 is 2.50 bits per heavy atom. The average molecular weight is 303 g/mol. The van der Waals surface area contributed by atoms with E-state index in [1.807, 2.05) is 32.9 Å². The minimum atomic E-state index is -0.584. The van der Waals surface area contributed by atoms with Crippen LogP contribution in [0.4, 0.5) is 5.69 Å². The van der Waals surface area contributed by atoms with E-state index >= 15 is 0 Å². The number of hydrogen-bond donors (Lipinski definition) is 1. The molecule has 0 spiro atoms. The summed E-state index contributed by atoms with van der Waals surface area (Å²) in [5.41, 5.74) is 8.72. The van der Waals surface area contributed by atoms with Gasteiger partial charge in [0.05, 0.1) is 0 Å². The van der Waals surface area contributed by atoms with Crippen molar-refractivity contribution in [1.29, 1.82) is 0 Å². The summed E-state index contributed by atoms with van der Waals surface area (Å²) in [6.07, 6.45) is 0.562. The average Bonchev–Trinajstić information content (AvgIpc) is 2.85. The molecule has 1 saturated heterocycles. The van der Waals surface area contributed by atoms with E-state index in [2.05, 4.69) is 6.07 Å². The highest BCUT2D eigenvalue weighted by Crippen LogP contribution is 2.28. The standard InChI is InChI=1S/C17H25N3O2/c1-11-7-12(2)9-14(8-11)20-6-5-15(17(20)22)16(21)19(4)13(3)10-18/h7-9,13,15H,5-6,10,18H2,1-4H3. The second-order valence-corrected chi connectivity index (χ2v) is 6.21. The molecule has 0 aromatic heterocycles. The Labute approximate surface area is 132 Å². The van der Waals surface area contributed by atoms with E-state index in [-0.39, 0.29) is 17.9 Å². The molecule has 5 heteroatoms. The molecule has 2 atom stereocenters. The van der Waals surface area contributed by atoms with Crippen LogP contribution >= 0.6 is 0 Å². The highest BCUT2D eigenvalue weighted by atomic mass is 16.2. The summed E-state index contributed by atoms with van der Waals surface area (Å²) >= 11 is 0. The zero-order valence-electron chi connectivity index (χ0n) is 13.8. The largest absolute Gasteiger partial charge is 0.341 e. The number of likely N-dealkylation sites (N-methyl/N-ethyl adjacent to an activating group) is 1. The second kappa shape index (κ2) is 6.48. The van der Waals surface area contributed by atoms with Crippen molar-refractivity contribution in [1.82, 2.24) is 4.90 Å². The number of nitrogens with zero attached hydrogens (tertiary/aromatic N) is 2. The molecule has 0 radical (unpaired) electrons. The maximum absolute atomic E-state index is 12.6. The van der Waals surface area contributed by atoms with Crippen LogP contribution < -0.4 is 10.6 Å². The summed E-state index contributed by atoms with van der Waals surface area (Å²) in [6.45, 7) is 6.89. The van der Waals surface area contributed by atoms with Gasteiger partial charge in [0.2, 0.25) is 11.8 Å². The van der Waals surface area contributed by atoms with Crippen molar-refractivity contribution in [3.05, 3.63) is 29.3 Å². The molecule has 1 heterocycles. The Morgan fingerprint density at radius 2 is 1.95 bits per heavy atom. The second-order valence-electron chi connectivity index (χ2n) is 6.21. The minimum absolute atomic E-state index is 0.0597. The first-order valence-corrected chi connectivity index (χ1v) is 7.71. The fourth-order valence-corrected chi connectivity index (χ4v) is 2.89. The number of anilines is 1. The van der Waals surface area contributed by atoms with E-state index in [0.717, 1.165) is 16.8 Å². The molecule has 1 aliphatic heterocycles. The SMILES string of the molecule is Cc1cc(C)cc(N2CCC(C(=O)N(C)C(C)CN)C2=O)c1.